The number of hydrogen-bond donors (Lipinski definition) is 1. The summed E-state index contributed by atoms with van der Waals surface area (Å²) in [6.45, 7) is 0. The zero-order valence-electron chi connectivity index (χ0n) is 9.69. The second-order valence-electron chi connectivity index (χ2n) is 4.46. The Bertz CT molecular complexity index is 609. The van der Waals surface area contributed by atoms with E-state index in [1.165, 1.54) is 12.1 Å². The van der Waals surface area contributed by atoms with Gasteiger partial charge in [-0.2, -0.15) is 0 Å². The summed E-state index contributed by atoms with van der Waals surface area (Å²) in [6.07, 6.45) is 0.528. The minimum Gasteiger partial charge on any atom is -0.325 e. The summed E-state index contributed by atoms with van der Waals surface area (Å²) in [7, 11) is 0. The van der Waals surface area contributed by atoms with Crippen molar-refractivity contribution in [2.45, 2.75) is 12.3 Å². The van der Waals surface area contributed by atoms with Crippen molar-refractivity contribution in [3.8, 4) is 0 Å². The first-order valence-corrected chi connectivity index (χ1v) is 5.88. The first-order chi connectivity index (χ1) is 8.74. The molecule has 0 saturated heterocycles. The van der Waals surface area contributed by atoms with E-state index in [2.05, 4.69) is 5.32 Å². The molecule has 90 valence electrons. The molecule has 1 aliphatic rings. The lowest BCUT2D eigenvalue weighted by Crippen LogP contribution is -2.14. The molecule has 0 aromatic heterocycles. The van der Waals surface area contributed by atoms with Crippen molar-refractivity contribution >= 4 is 11.6 Å². The van der Waals surface area contributed by atoms with E-state index in [-0.39, 0.29) is 17.6 Å². The molecular weight excluding hydrogens is 229 g/mol. The molecule has 0 bridgehead atoms. The lowest BCUT2D eigenvalue weighted by atomic mass is 9.93. The fourth-order valence-electron chi connectivity index (χ4n) is 2.38. The molecule has 2 aromatic carbocycles. The normalized spacial score (nSPS) is 17.4. The van der Waals surface area contributed by atoms with Crippen molar-refractivity contribution in [3.05, 3.63) is 65.5 Å². The smallest absolute Gasteiger partial charge is 0.232 e. The second kappa shape index (κ2) is 4.26. The van der Waals surface area contributed by atoms with E-state index >= 15 is 0 Å². The van der Waals surface area contributed by atoms with Gasteiger partial charge in [-0.05, 0) is 35.7 Å². The number of nitrogens with one attached hydrogen (secondary N) is 1. The topological polar surface area (TPSA) is 29.1 Å². The van der Waals surface area contributed by atoms with E-state index in [1.54, 1.807) is 6.07 Å². The molecule has 3 heteroatoms. The van der Waals surface area contributed by atoms with Crippen molar-refractivity contribution in [2.75, 3.05) is 5.32 Å². The number of rotatable bonds is 2. The van der Waals surface area contributed by atoms with Crippen LogP contribution in [0.4, 0.5) is 10.1 Å². The number of anilines is 1. The molecule has 0 unspecified atom stereocenters. The Labute approximate surface area is 104 Å². The van der Waals surface area contributed by atoms with E-state index in [0.29, 0.717) is 6.42 Å². The maximum Gasteiger partial charge on any atom is 0.232 e. The second-order valence-corrected chi connectivity index (χ2v) is 4.46. The number of fused-ring (bicyclic) bond motifs is 1. The van der Waals surface area contributed by atoms with Crippen LogP contribution in [0.3, 0.4) is 0 Å². The largest absolute Gasteiger partial charge is 0.325 e. The quantitative estimate of drug-likeness (QED) is 0.860. The third-order valence-electron chi connectivity index (χ3n) is 3.24. The Kier molecular flexibility index (Phi) is 2.59. The van der Waals surface area contributed by atoms with Crippen molar-refractivity contribution in [1.82, 2.24) is 0 Å². The van der Waals surface area contributed by atoms with Gasteiger partial charge in [-0.15, -0.1) is 0 Å². The van der Waals surface area contributed by atoms with Gasteiger partial charge in [-0.3, -0.25) is 4.79 Å². The van der Waals surface area contributed by atoms with E-state index in [9.17, 15) is 9.18 Å². The Morgan fingerprint density at radius 2 is 1.94 bits per heavy atom. The van der Waals surface area contributed by atoms with Crippen molar-refractivity contribution in [2.24, 2.45) is 0 Å². The Balaban J connectivity index is 1.91. The van der Waals surface area contributed by atoms with Crippen LogP contribution in [0.5, 0.6) is 0 Å². The predicted octanol–water partition coefficient (Wildman–Crippen LogP) is 3.10. The van der Waals surface area contributed by atoms with Crippen LogP contribution in [0.15, 0.2) is 48.5 Å². The predicted molar refractivity (Wildman–Crippen MR) is 67.9 cm³/mol. The fourth-order valence-corrected chi connectivity index (χ4v) is 2.38. The molecule has 18 heavy (non-hydrogen) atoms. The number of halogens is 1. The molecule has 1 N–H and O–H groups in total. The summed E-state index contributed by atoms with van der Waals surface area (Å²) in [5.41, 5.74) is 2.70. The van der Waals surface area contributed by atoms with Gasteiger partial charge < -0.3 is 5.32 Å². The van der Waals surface area contributed by atoms with Gasteiger partial charge in [0.2, 0.25) is 5.91 Å². The van der Waals surface area contributed by atoms with Crippen LogP contribution in [0.1, 0.15) is 17.0 Å². The Morgan fingerprint density at radius 1 is 1.11 bits per heavy atom. The van der Waals surface area contributed by atoms with Crippen LogP contribution in [0, 0.1) is 5.82 Å². The molecule has 1 heterocycles. The molecule has 0 spiro atoms. The summed E-state index contributed by atoms with van der Waals surface area (Å²) in [5, 5.41) is 2.85. The average Bonchev–Trinajstić information content (AvgIpc) is 2.66. The summed E-state index contributed by atoms with van der Waals surface area (Å²) in [5.74, 6) is -0.498. The van der Waals surface area contributed by atoms with Crippen LogP contribution in [0.25, 0.3) is 0 Å². The molecular formula is C15H12FNO. The molecule has 2 nitrogen and oxygen atoms in total. The van der Waals surface area contributed by atoms with E-state index in [1.807, 2.05) is 30.3 Å². The van der Waals surface area contributed by atoms with Crippen LogP contribution >= 0.6 is 0 Å². The number of carbonyl (C=O) groups excluding carboxylic acids is 1. The van der Waals surface area contributed by atoms with Crippen LogP contribution in [-0.4, -0.2) is 5.91 Å². The van der Waals surface area contributed by atoms with E-state index in [4.69, 9.17) is 0 Å². The van der Waals surface area contributed by atoms with Crippen molar-refractivity contribution in [1.29, 1.82) is 0 Å². The van der Waals surface area contributed by atoms with E-state index < -0.39 is 0 Å². The zero-order valence-corrected chi connectivity index (χ0v) is 9.69. The van der Waals surface area contributed by atoms with Gasteiger partial charge in [0, 0.05) is 5.69 Å². The number of benzene rings is 2. The lowest BCUT2D eigenvalue weighted by molar-refractivity contribution is -0.117. The maximum atomic E-state index is 13.1. The highest BCUT2D eigenvalue weighted by atomic mass is 19.1. The Hall–Kier alpha value is -2.16. The van der Waals surface area contributed by atoms with Crippen molar-refractivity contribution in [3.63, 3.8) is 0 Å². The summed E-state index contributed by atoms with van der Waals surface area (Å²) in [6, 6.07) is 14.0. The molecule has 1 atom stereocenters. The van der Waals surface area contributed by atoms with Gasteiger partial charge in [0.1, 0.15) is 5.82 Å². The summed E-state index contributed by atoms with van der Waals surface area (Å²) >= 11 is 0. The minimum absolute atomic E-state index is 0.0135. The van der Waals surface area contributed by atoms with Crippen LogP contribution in [-0.2, 0) is 11.2 Å². The molecule has 0 aliphatic carbocycles. The molecule has 2 aromatic rings. The number of amides is 1. The highest BCUT2D eigenvalue weighted by molar-refractivity contribution is 6.02. The van der Waals surface area contributed by atoms with Gasteiger partial charge in [0.05, 0.1) is 5.92 Å². The third-order valence-corrected chi connectivity index (χ3v) is 3.24. The number of carbonyl (C=O) groups is 1. The molecule has 0 radical (unpaired) electrons. The Morgan fingerprint density at radius 3 is 2.78 bits per heavy atom. The molecule has 3 rings (SSSR count). The van der Waals surface area contributed by atoms with Crippen molar-refractivity contribution < 1.29 is 9.18 Å². The molecule has 1 aliphatic heterocycles. The van der Waals surface area contributed by atoms with Gasteiger partial charge in [-0.25, -0.2) is 4.39 Å². The average molecular weight is 241 g/mol. The SMILES string of the molecule is O=C1Nc2ccccc2[C@@H]1Cc1cccc(F)c1. The standard InChI is InChI=1S/C15H12FNO/c16-11-5-3-4-10(8-11)9-13-12-6-1-2-7-14(12)17-15(13)18/h1-8,13H,9H2,(H,17,18)/t13-/m0/s1. The third kappa shape index (κ3) is 1.88. The molecule has 0 saturated carbocycles. The van der Waals surface area contributed by atoms with Gasteiger partial charge >= 0.3 is 0 Å². The highest BCUT2D eigenvalue weighted by Gasteiger charge is 2.29. The molecule has 1 amide bonds. The van der Waals surface area contributed by atoms with E-state index in [0.717, 1.165) is 16.8 Å². The lowest BCUT2D eigenvalue weighted by Gasteiger charge is -2.08. The van der Waals surface area contributed by atoms with Gasteiger partial charge in [0.25, 0.3) is 0 Å². The minimum atomic E-state index is -0.265. The summed E-state index contributed by atoms with van der Waals surface area (Å²) < 4.78 is 13.1. The fraction of sp³-hybridized carbons (Fsp3) is 0.133. The first kappa shape index (κ1) is 11.0. The van der Waals surface area contributed by atoms with Gasteiger partial charge in [-0.1, -0.05) is 30.3 Å². The first-order valence-electron chi connectivity index (χ1n) is 5.88. The number of hydrogen-bond acceptors (Lipinski definition) is 1. The zero-order chi connectivity index (χ0) is 12.5. The number of para-hydroxylation sites is 1. The molecule has 0 fully saturated rings. The van der Waals surface area contributed by atoms with Crippen LogP contribution in [0.2, 0.25) is 0 Å². The highest BCUT2D eigenvalue weighted by Crippen LogP contribution is 2.34. The van der Waals surface area contributed by atoms with Gasteiger partial charge in [0.15, 0.2) is 0 Å². The maximum absolute atomic E-state index is 13.1. The van der Waals surface area contributed by atoms with Crippen LogP contribution < -0.4 is 5.32 Å². The summed E-state index contributed by atoms with van der Waals surface area (Å²) in [4.78, 5) is 11.9. The monoisotopic (exact) mass is 241 g/mol.